The molecule has 2 aliphatic carbocycles. The van der Waals surface area contributed by atoms with Crippen LogP contribution in [0.3, 0.4) is 0 Å². The number of hydrogen-bond donors (Lipinski definition) is 1. The molecule has 2 aliphatic rings. The van der Waals surface area contributed by atoms with Gasteiger partial charge in [-0.1, -0.05) is 24.1 Å². The molecule has 0 amide bonds. The van der Waals surface area contributed by atoms with Crippen LogP contribution in [-0.2, 0) is 6.42 Å². The Bertz CT molecular complexity index is 464. The van der Waals surface area contributed by atoms with Crippen LogP contribution in [0.15, 0.2) is 23.4 Å². The molecule has 0 radical (unpaired) electrons. The number of oxime groups is 1. The van der Waals surface area contributed by atoms with Crippen LogP contribution < -0.4 is 4.74 Å². The summed E-state index contributed by atoms with van der Waals surface area (Å²) in [6.45, 7) is 0.801. The van der Waals surface area contributed by atoms with E-state index in [1.165, 1.54) is 18.4 Å². The van der Waals surface area contributed by atoms with Gasteiger partial charge in [-0.25, -0.2) is 0 Å². The summed E-state index contributed by atoms with van der Waals surface area (Å²) in [5, 5.41) is 12.4. The Morgan fingerprint density at radius 1 is 1.28 bits per heavy atom. The summed E-state index contributed by atoms with van der Waals surface area (Å²) in [4.78, 5) is 0. The number of fused-ring (bicyclic) bond motifs is 1. The molecule has 0 aromatic heterocycles. The minimum Gasteiger partial charge on any atom is -0.494 e. The van der Waals surface area contributed by atoms with Crippen LogP contribution in [0, 0.1) is 5.92 Å². The van der Waals surface area contributed by atoms with Gasteiger partial charge >= 0.3 is 0 Å². The smallest absolute Gasteiger partial charge is 0.119 e. The molecule has 0 heterocycles. The number of rotatable bonds is 4. The summed E-state index contributed by atoms with van der Waals surface area (Å²) in [5.41, 5.74) is 3.13. The molecule has 0 spiro atoms. The molecule has 1 aromatic rings. The second kappa shape index (κ2) is 5.01. The highest BCUT2D eigenvalue weighted by atomic mass is 16.5. The normalized spacial score (nSPS) is 20.8. The predicted molar refractivity (Wildman–Crippen MR) is 70.5 cm³/mol. The average molecular weight is 245 g/mol. The molecule has 1 aromatic carbocycles. The molecule has 0 bridgehead atoms. The van der Waals surface area contributed by atoms with Gasteiger partial charge in [-0.2, -0.15) is 0 Å². The lowest BCUT2D eigenvalue weighted by Gasteiger charge is -2.17. The van der Waals surface area contributed by atoms with Gasteiger partial charge in [-0.05, 0) is 49.3 Å². The van der Waals surface area contributed by atoms with Gasteiger partial charge in [-0.3, -0.25) is 0 Å². The van der Waals surface area contributed by atoms with Gasteiger partial charge in [0.2, 0.25) is 0 Å². The third-order valence-corrected chi connectivity index (χ3v) is 3.86. The molecule has 1 fully saturated rings. The van der Waals surface area contributed by atoms with Crippen molar-refractivity contribution in [3.05, 3.63) is 29.3 Å². The number of ether oxygens (including phenoxy) is 1. The van der Waals surface area contributed by atoms with Gasteiger partial charge in [0.1, 0.15) is 5.75 Å². The number of aryl methyl sites for hydroxylation is 1. The minimum absolute atomic E-state index is 0.795. The van der Waals surface area contributed by atoms with Crippen LogP contribution in [0.1, 0.15) is 43.2 Å². The van der Waals surface area contributed by atoms with Crippen LogP contribution in [0.4, 0.5) is 0 Å². The van der Waals surface area contributed by atoms with E-state index in [2.05, 4.69) is 11.2 Å². The zero-order valence-electron chi connectivity index (χ0n) is 10.6. The van der Waals surface area contributed by atoms with Crippen molar-refractivity contribution < 1.29 is 9.94 Å². The topological polar surface area (TPSA) is 41.8 Å². The fourth-order valence-corrected chi connectivity index (χ4v) is 2.57. The molecular weight excluding hydrogens is 226 g/mol. The van der Waals surface area contributed by atoms with Crippen LogP contribution in [0.2, 0.25) is 0 Å². The van der Waals surface area contributed by atoms with Gasteiger partial charge < -0.3 is 9.94 Å². The van der Waals surface area contributed by atoms with E-state index < -0.39 is 0 Å². The Labute approximate surface area is 107 Å². The highest BCUT2D eigenvalue weighted by Gasteiger charge is 2.21. The molecule has 0 unspecified atom stereocenters. The van der Waals surface area contributed by atoms with E-state index >= 15 is 0 Å². The van der Waals surface area contributed by atoms with E-state index in [9.17, 15) is 0 Å². The Kier molecular flexibility index (Phi) is 3.22. The van der Waals surface area contributed by atoms with Crippen molar-refractivity contribution in [2.24, 2.45) is 11.1 Å². The maximum absolute atomic E-state index is 9.03. The van der Waals surface area contributed by atoms with Crippen molar-refractivity contribution in [3.8, 4) is 5.75 Å². The minimum atomic E-state index is 0.795. The molecule has 1 saturated carbocycles. The van der Waals surface area contributed by atoms with Gasteiger partial charge in [0.15, 0.2) is 0 Å². The standard InChI is InChI=1S/C15H19NO2/c17-16-15-3-1-2-12-6-7-13(10-14(12)15)18-9-8-11-4-5-11/h6-7,10-11,17H,1-5,8-9H2/b16-15-. The number of benzene rings is 1. The first kappa shape index (κ1) is 11.6. The lowest BCUT2D eigenvalue weighted by molar-refractivity contribution is 0.302. The summed E-state index contributed by atoms with van der Waals surface area (Å²) in [5.74, 6) is 1.80. The lowest BCUT2D eigenvalue weighted by atomic mass is 9.90. The largest absolute Gasteiger partial charge is 0.494 e. The molecule has 0 saturated heterocycles. The Morgan fingerprint density at radius 2 is 2.17 bits per heavy atom. The number of nitrogens with zero attached hydrogens (tertiary/aromatic N) is 1. The molecule has 3 rings (SSSR count). The second-order valence-electron chi connectivity index (χ2n) is 5.30. The molecule has 0 aliphatic heterocycles. The molecule has 3 nitrogen and oxygen atoms in total. The van der Waals surface area contributed by atoms with E-state index in [1.807, 2.05) is 12.1 Å². The van der Waals surface area contributed by atoms with Gasteiger partial charge in [0, 0.05) is 5.56 Å². The summed E-state index contributed by atoms with van der Waals surface area (Å²) in [7, 11) is 0. The third kappa shape index (κ3) is 2.50. The quantitative estimate of drug-likeness (QED) is 0.652. The first-order valence-electron chi connectivity index (χ1n) is 6.84. The third-order valence-electron chi connectivity index (χ3n) is 3.86. The second-order valence-corrected chi connectivity index (χ2v) is 5.30. The molecular formula is C15H19NO2. The van der Waals surface area contributed by atoms with E-state index in [0.29, 0.717) is 0 Å². The van der Waals surface area contributed by atoms with Crippen LogP contribution in [0.5, 0.6) is 5.75 Å². The van der Waals surface area contributed by atoms with Crippen molar-refractivity contribution >= 4 is 5.71 Å². The SMILES string of the molecule is O/N=C1/CCCc2ccc(OCCC3CC3)cc21. The fraction of sp³-hybridized carbons (Fsp3) is 0.533. The van der Waals surface area contributed by atoms with E-state index in [-0.39, 0.29) is 0 Å². The molecule has 3 heteroatoms. The Morgan fingerprint density at radius 3 is 2.94 bits per heavy atom. The van der Waals surface area contributed by atoms with Crippen molar-refractivity contribution in [1.29, 1.82) is 0 Å². The molecule has 96 valence electrons. The fourth-order valence-electron chi connectivity index (χ4n) is 2.57. The van der Waals surface area contributed by atoms with Crippen molar-refractivity contribution in [2.75, 3.05) is 6.61 Å². The number of hydrogen-bond acceptors (Lipinski definition) is 3. The Hall–Kier alpha value is -1.51. The average Bonchev–Trinajstić information content (AvgIpc) is 3.22. The first-order valence-corrected chi connectivity index (χ1v) is 6.84. The van der Waals surface area contributed by atoms with Crippen molar-refractivity contribution in [3.63, 3.8) is 0 Å². The van der Waals surface area contributed by atoms with Crippen molar-refractivity contribution in [1.82, 2.24) is 0 Å². The van der Waals surface area contributed by atoms with E-state index in [0.717, 1.165) is 55.2 Å². The van der Waals surface area contributed by atoms with E-state index in [4.69, 9.17) is 9.94 Å². The van der Waals surface area contributed by atoms with Crippen LogP contribution >= 0.6 is 0 Å². The first-order chi connectivity index (χ1) is 8.86. The molecule has 18 heavy (non-hydrogen) atoms. The monoisotopic (exact) mass is 245 g/mol. The highest BCUT2D eigenvalue weighted by molar-refractivity contribution is 6.02. The van der Waals surface area contributed by atoms with Gasteiger partial charge in [-0.15, -0.1) is 0 Å². The predicted octanol–water partition coefficient (Wildman–Crippen LogP) is 3.38. The van der Waals surface area contributed by atoms with Crippen LogP contribution in [-0.4, -0.2) is 17.5 Å². The zero-order valence-corrected chi connectivity index (χ0v) is 10.6. The highest BCUT2D eigenvalue weighted by Crippen LogP contribution is 2.32. The molecule has 1 N–H and O–H groups in total. The van der Waals surface area contributed by atoms with Gasteiger partial charge in [0.05, 0.1) is 12.3 Å². The van der Waals surface area contributed by atoms with Crippen LogP contribution in [0.25, 0.3) is 0 Å². The van der Waals surface area contributed by atoms with Crippen molar-refractivity contribution in [2.45, 2.75) is 38.5 Å². The summed E-state index contributed by atoms with van der Waals surface area (Å²) < 4.78 is 5.78. The zero-order chi connectivity index (χ0) is 12.4. The lowest BCUT2D eigenvalue weighted by Crippen LogP contribution is -2.12. The maximum Gasteiger partial charge on any atom is 0.119 e. The van der Waals surface area contributed by atoms with E-state index in [1.54, 1.807) is 0 Å². The maximum atomic E-state index is 9.03. The summed E-state index contributed by atoms with van der Waals surface area (Å²) in [6, 6.07) is 6.16. The Balaban J connectivity index is 1.71. The van der Waals surface area contributed by atoms with Gasteiger partial charge in [0.25, 0.3) is 0 Å². The summed E-state index contributed by atoms with van der Waals surface area (Å²) >= 11 is 0. The molecule has 0 atom stereocenters. The summed E-state index contributed by atoms with van der Waals surface area (Å²) in [6.07, 6.45) is 6.89.